The molecule has 2 aromatic rings. The number of carbonyl (C=O) groups is 1. The quantitative estimate of drug-likeness (QED) is 0.920. The van der Waals surface area contributed by atoms with Crippen molar-refractivity contribution in [3.8, 4) is 0 Å². The molecule has 0 radical (unpaired) electrons. The van der Waals surface area contributed by atoms with E-state index in [2.05, 4.69) is 15.2 Å². The van der Waals surface area contributed by atoms with Crippen molar-refractivity contribution in [3.63, 3.8) is 0 Å². The second kappa shape index (κ2) is 4.72. The molecule has 4 rings (SSSR count). The molecule has 2 unspecified atom stereocenters. The number of amides is 1. The number of carbonyl (C=O) groups excluding carboxylic acids is 1. The number of para-hydroxylation sites is 1. The molecule has 1 aromatic carbocycles. The Morgan fingerprint density at radius 2 is 2.19 bits per heavy atom. The average molecular weight is 281 g/mol. The Kier molecular flexibility index (Phi) is 2.84. The van der Waals surface area contributed by atoms with Gasteiger partial charge in [-0.15, -0.1) is 0 Å². The second-order valence-corrected chi connectivity index (χ2v) is 6.11. The summed E-state index contributed by atoms with van der Waals surface area (Å²) in [5.41, 5.74) is 1.65. The van der Waals surface area contributed by atoms with Crippen LogP contribution < -0.4 is 5.32 Å². The van der Waals surface area contributed by atoms with Crippen molar-refractivity contribution in [2.24, 2.45) is 5.92 Å². The first-order valence-electron chi connectivity index (χ1n) is 7.65. The number of hydrogen-bond donors (Lipinski definition) is 1. The summed E-state index contributed by atoms with van der Waals surface area (Å²) >= 11 is 0. The summed E-state index contributed by atoms with van der Waals surface area (Å²) in [7, 11) is 1.84. The van der Waals surface area contributed by atoms with Crippen molar-refractivity contribution in [1.82, 2.24) is 9.88 Å². The third-order valence-electron chi connectivity index (χ3n) is 4.87. The Morgan fingerprint density at radius 1 is 1.33 bits per heavy atom. The predicted octanol–water partition coefficient (Wildman–Crippen LogP) is 2.90. The van der Waals surface area contributed by atoms with Crippen molar-refractivity contribution in [3.05, 3.63) is 35.9 Å². The molecule has 2 fully saturated rings. The van der Waals surface area contributed by atoms with Crippen LogP contribution in [0.3, 0.4) is 0 Å². The number of anilines is 1. The molecular weight excluding hydrogens is 262 g/mol. The Balaban J connectivity index is 1.80. The molecule has 1 N–H and O–H groups in total. The maximum Gasteiger partial charge on any atom is 0.254 e. The van der Waals surface area contributed by atoms with Crippen LogP contribution in [0.15, 0.2) is 30.3 Å². The van der Waals surface area contributed by atoms with E-state index >= 15 is 0 Å². The molecule has 1 saturated carbocycles. The standard InChI is InChI=1S/C17H19N3O/c1-18-16-9-14(13-4-2-3-5-15(13)19-16)17(21)20-10-11-6-7-12(20)8-11/h2-5,9,11-12H,6-8,10H2,1H3,(H,18,19). The molecule has 2 atom stereocenters. The smallest absolute Gasteiger partial charge is 0.254 e. The van der Waals surface area contributed by atoms with Crippen LogP contribution >= 0.6 is 0 Å². The number of pyridine rings is 1. The summed E-state index contributed by atoms with van der Waals surface area (Å²) in [6, 6.07) is 10.2. The number of hydrogen-bond acceptors (Lipinski definition) is 3. The Bertz CT molecular complexity index is 712. The highest BCUT2D eigenvalue weighted by atomic mass is 16.2. The normalized spacial score (nSPS) is 23.8. The number of benzene rings is 1. The fraction of sp³-hybridized carbons (Fsp3) is 0.412. The van der Waals surface area contributed by atoms with Crippen molar-refractivity contribution < 1.29 is 4.79 Å². The Hall–Kier alpha value is -2.10. The lowest BCUT2D eigenvalue weighted by Gasteiger charge is -2.27. The zero-order chi connectivity index (χ0) is 14.4. The van der Waals surface area contributed by atoms with Crippen molar-refractivity contribution in [1.29, 1.82) is 0 Å². The molecule has 1 aromatic heterocycles. The minimum atomic E-state index is 0.164. The van der Waals surface area contributed by atoms with Crippen LogP contribution in [0.5, 0.6) is 0 Å². The average Bonchev–Trinajstić information content (AvgIpc) is 3.16. The molecule has 1 saturated heterocycles. The monoisotopic (exact) mass is 281 g/mol. The number of rotatable bonds is 2. The van der Waals surface area contributed by atoms with Gasteiger partial charge in [0.25, 0.3) is 5.91 Å². The fourth-order valence-electron chi connectivity index (χ4n) is 3.81. The minimum Gasteiger partial charge on any atom is -0.373 e. The van der Waals surface area contributed by atoms with E-state index in [1.54, 1.807) is 0 Å². The zero-order valence-corrected chi connectivity index (χ0v) is 12.2. The van der Waals surface area contributed by atoms with Crippen molar-refractivity contribution in [2.45, 2.75) is 25.3 Å². The van der Waals surface area contributed by atoms with Crippen LogP contribution in [0.1, 0.15) is 29.6 Å². The van der Waals surface area contributed by atoms with Crippen LogP contribution in [0.2, 0.25) is 0 Å². The molecular formula is C17H19N3O. The molecule has 2 heterocycles. The summed E-state index contributed by atoms with van der Waals surface area (Å²) in [6.45, 7) is 0.926. The van der Waals surface area contributed by atoms with Gasteiger partial charge in [0, 0.05) is 25.0 Å². The maximum absolute atomic E-state index is 13.0. The predicted molar refractivity (Wildman–Crippen MR) is 83.5 cm³/mol. The van der Waals surface area contributed by atoms with E-state index in [0.29, 0.717) is 6.04 Å². The van der Waals surface area contributed by atoms with E-state index in [-0.39, 0.29) is 5.91 Å². The summed E-state index contributed by atoms with van der Waals surface area (Å²) in [5, 5.41) is 4.01. The number of nitrogens with one attached hydrogen (secondary N) is 1. The van der Waals surface area contributed by atoms with Crippen LogP contribution in [0, 0.1) is 5.92 Å². The first kappa shape index (κ1) is 12.6. The van der Waals surface area contributed by atoms with Gasteiger partial charge in [-0.2, -0.15) is 0 Å². The third-order valence-corrected chi connectivity index (χ3v) is 4.87. The first-order chi connectivity index (χ1) is 10.3. The van der Waals surface area contributed by atoms with E-state index in [0.717, 1.165) is 41.2 Å². The maximum atomic E-state index is 13.0. The van der Waals surface area contributed by atoms with Gasteiger partial charge in [0.2, 0.25) is 0 Å². The highest BCUT2D eigenvalue weighted by Gasteiger charge is 2.40. The van der Waals surface area contributed by atoms with Gasteiger partial charge in [-0.1, -0.05) is 18.2 Å². The lowest BCUT2D eigenvalue weighted by molar-refractivity contribution is 0.0705. The van der Waals surface area contributed by atoms with Gasteiger partial charge in [0.15, 0.2) is 0 Å². The summed E-state index contributed by atoms with van der Waals surface area (Å²) < 4.78 is 0. The molecule has 108 valence electrons. The number of likely N-dealkylation sites (tertiary alicyclic amines) is 1. The zero-order valence-electron chi connectivity index (χ0n) is 12.2. The lowest BCUT2D eigenvalue weighted by Crippen LogP contribution is -2.37. The Labute approximate surface area is 124 Å². The van der Waals surface area contributed by atoms with Crippen LogP contribution in [-0.4, -0.2) is 35.4 Å². The van der Waals surface area contributed by atoms with E-state index < -0.39 is 0 Å². The molecule has 4 nitrogen and oxygen atoms in total. The van der Waals surface area contributed by atoms with Gasteiger partial charge in [-0.3, -0.25) is 4.79 Å². The molecule has 0 spiro atoms. The topological polar surface area (TPSA) is 45.2 Å². The van der Waals surface area contributed by atoms with Gasteiger partial charge < -0.3 is 10.2 Å². The SMILES string of the molecule is CNc1cc(C(=O)N2CC3CCC2C3)c2ccccc2n1. The largest absolute Gasteiger partial charge is 0.373 e. The number of fused-ring (bicyclic) bond motifs is 3. The molecule has 2 bridgehead atoms. The van der Waals surface area contributed by atoms with Gasteiger partial charge in [0.05, 0.1) is 11.1 Å². The fourth-order valence-corrected chi connectivity index (χ4v) is 3.81. The van der Waals surface area contributed by atoms with Gasteiger partial charge in [-0.25, -0.2) is 4.98 Å². The molecule has 4 heteroatoms. The highest BCUT2D eigenvalue weighted by molar-refractivity contribution is 6.07. The molecule has 1 aliphatic carbocycles. The second-order valence-electron chi connectivity index (χ2n) is 6.11. The lowest BCUT2D eigenvalue weighted by atomic mass is 10.1. The number of aromatic nitrogens is 1. The van der Waals surface area contributed by atoms with E-state index in [1.807, 2.05) is 37.4 Å². The third kappa shape index (κ3) is 1.97. The van der Waals surface area contributed by atoms with Crippen molar-refractivity contribution >= 4 is 22.6 Å². The van der Waals surface area contributed by atoms with Gasteiger partial charge >= 0.3 is 0 Å². The molecule has 21 heavy (non-hydrogen) atoms. The number of nitrogens with zero attached hydrogens (tertiary/aromatic N) is 2. The van der Waals surface area contributed by atoms with Crippen LogP contribution in [0.4, 0.5) is 5.82 Å². The van der Waals surface area contributed by atoms with Crippen LogP contribution in [-0.2, 0) is 0 Å². The Morgan fingerprint density at radius 3 is 2.90 bits per heavy atom. The van der Waals surface area contributed by atoms with Crippen molar-refractivity contribution in [2.75, 3.05) is 18.9 Å². The summed E-state index contributed by atoms with van der Waals surface area (Å²) in [6.07, 6.45) is 3.64. The molecule has 1 amide bonds. The van der Waals surface area contributed by atoms with Gasteiger partial charge in [0.1, 0.15) is 5.82 Å². The minimum absolute atomic E-state index is 0.164. The number of piperidine rings is 1. The highest BCUT2D eigenvalue weighted by Crippen LogP contribution is 2.38. The molecule has 1 aliphatic heterocycles. The first-order valence-corrected chi connectivity index (χ1v) is 7.65. The van der Waals surface area contributed by atoms with E-state index in [4.69, 9.17) is 0 Å². The van der Waals surface area contributed by atoms with Gasteiger partial charge in [-0.05, 0) is 37.3 Å². The molecule has 2 aliphatic rings. The summed E-state index contributed by atoms with van der Waals surface area (Å²) in [4.78, 5) is 19.6. The van der Waals surface area contributed by atoms with E-state index in [9.17, 15) is 4.79 Å². The summed E-state index contributed by atoms with van der Waals surface area (Å²) in [5.74, 6) is 1.63. The van der Waals surface area contributed by atoms with Crippen LogP contribution in [0.25, 0.3) is 10.9 Å². The van der Waals surface area contributed by atoms with E-state index in [1.165, 1.54) is 12.8 Å².